The molecule has 21 heavy (non-hydrogen) atoms. The van der Waals surface area contributed by atoms with E-state index < -0.39 is 0 Å². The van der Waals surface area contributed by atoms with Crippen molar-refractivity contribution in [2.75, 3.05) is 13.7 Å². The summed E-state index contributed by atoms with van der Waals surface area (Å²) in [4.78, 5) is 0. The lowest BCUT2D eigenvalue weighted by Gasteiger charge is -2.33. The second-order valence-corrected chi connectivity index (χ2v) is 5.55. The molecule has 1 N–H and O–H groups in total. The van der Waals surface area contributed by atoms with Crippen LogP contribution in [0.25, 0.3) is 0 Å². The van der Waals surface area contributed by atoms with Crippen molar-refractivity contribution in [3.63, 3.8) is 0 Å². The fourth-order valence-electron chi connectivity index (χ4n) is 3.24. The molecule has 1 aliphatic heterocycles. The van der Waals surface area contributed by atoms with E-state index in [1.165, 1.54) is 11.6 Å². The standard InChI is InChI=1S/C18H20FNO/c1-12-7-8-13(19)11-16(12)18(20-2)15-9-10-21-17-6-4-3-5-14(15)17/h3-8,11,15,18,20H,9-10H2,1-2H3. The molecular weight excluding hydrogens is 265 g/mol. The van der Waals surface area contributed by atoms with Gasteiger partial charge in [0, 0.05) is 12.0 Å². The number of halogens is 1. The first-order valence-corrected chi connectivity index (χ1v) is 7.35. The highest BCUT2D eigenvalue weighted by molar-refractivity contribution is 5.41. The minimum atomic E-state index is -0.184. The van der Waals surface area contributed by atoms with Crippen molar-refractivity contribution in [2.45, 2.75) is 25.3 Å². The predicted octanol–water partition coefficient (Wildman–Crippen LogP) is 3.96. The molecule has 0 aliphatic carbocycles. The largest absolute Gasteiger partial charge is 0.493 e. The van der Waals surface area contributed by atoms with Gasteiger partial charge in [0.2, 0.25) is 0 Å². The molecule has 3 heteroatoms. The molecule has 110 valence electrons. The summed E-state index contributed by atoms with van der Waals surface area (Å²) in [7, 11) is 1.94. The van der Waals surface area contributed by atoms with E-state index in [-0.39, 0.29) is 11.9 Å². The lowest BCUT2D eigenvalue weighted by Crippen LogP contribution is -2.28. The summed E-state index contributed by atoms with van der Waals surface area (Å²) in [6.07, 6.45) is 0.929. The summed E-state index contributed by atoms with van der Waals surface area (Å²) in [5.74, 6) is 1.06. The van der Waals surface area contributed by atoms with Gasteiger partial charge in [-0.1, -0.05) is 24.3 Å². The van der Waals surface area contributed by atoms with Gasteiger partial charge in [0.15, 0.2) is 0 Å². The van der Waals surface area contributed by atoms with Crippen LogP contribution >= 0.6 is 0 Å². The quantitative estimate of drug-likeness (QED) is 0.921. The maximum Gasteiger partial charge on any atom is 0.123 e. The molecule has 1 aliphatic rings. The predicted molar refractivity (Wildman–Crippen MR) is 82.2 cm³/mol. The summed E-state index contributed by atoms with van der Waals surface area (Å²) in [6.45, 7) is 2.73. The van der Waals surface area contributed by atoms with E-state index in [0.29, 0.717) is 12.5 Å². The summed E-state index contributed by atoms with van der Waals surface area (Å²) in [6, 6.07) is 13.2. The Bertz CT molecular complexity index is 641. The minimum absolute atomic E-state index is 0.0887. The highest BCUT2D eigenvalue weighted by Gasteiger charge is 2.29. The van der Waals surface area contributed by atoms with Gasteiger partial charge in [-0.25, -0.2) is 4.39 Å². The van der Waals surface area contributed by atoms with Gasteiger partial charge in [0.25, 0.3) is 0 Å². The Morgan fingerprint density at radius 1 is 1.24 bits per heavy atom. The Hall–Kier alpha value is -1.87. The number of ether oxygens (including phenoxy) is 1. The molecule has 2 aromatic carbocycles. The number of aryl methyl sites for hydroxylation is 1. The van der Waals surface area contributed by atoms with Crippen LogP contribution in [0.5, 0.6) is 5.75 Å². The Kier molecular flexibility index (Phi) is 3.93. The van der Waals surface area contributed by atoms with Crippen LogP contribution in [0, 0.1) is 12.7 Å². The number of fused-ring (bicyclic) bond motifs is 1. The first-order valence-electron chi connectivity index (χ1n) is 7.35. The molecule has 2 nitrogen and oxygen atoms in total. The summed E-state index contributed by atoms with van der Waals surface area (Å²) >= 11 is 0. The second-order valence-electron chi connectivity index (χ2n) is 5.55. The van der Waals surface area contributed by atoms with Crippen LogP contribution in [0.4, 0.5) is 4.39 Å². The summed E-state index contributed by atoms with van der Waals surface area (Å²) in [5, 5.41) is 3.37. The highest BCUT2D eigenvalue weighted by atomic mass is 19.1. The number of hydrogen-bond acceptors (Lipinski definition) is 2. The summed E-state index contributed by atoms with van der Waals surface area (Å²) < 4.78 is 19.4. The Labute approximate surface area is 125 Å². The van der Waals surface area contributed by atoms with Crippen LogP contribution < -0.4 is 10.1 Å². The van der Waals surface area contributed by atoms with Gasteiger partial charge in [-0.3, -0.25) is 0 Å². The van der Waals surface area contributed by atoms with E-state index in [1.807, 2.05) is 38.2 Å². The number of rotatable bonds is 3. The lowest BCUT2D eigenvalue weighted by molar-refractivity contribution is 0.248. The van der Waals surface area contributed by atoms with Gasteiger partial charge in [-0.15, -0.1) is 0 Å². The molecule has 0 aromatic heterocycles. The zero-order chi connectivity index (χ0) is 14.8. The van der Waals surface area contributed by atoms with E-state index in [4.69, 9.17) is 4.74 Å². The molecule has 2 atom stereocenters. The van der Waals surface area contributed by atoms with Crippen molar-refractivity contribution < 1.29 is 9.13 Å². The third kappa shape index (κ3) is 2.66. The molecule has 0 amide bonds. The molecule has 0 spiro atoms. The minimum Gasteiger partial charge on any atom is -0.493 e. The average Bonchev–Trinajstić information content (AvgIpc) is 2.51. The number of hydrogen-bond donors (Lipinski definition) is 1. The van der Waals surface area contributed by atoms with Crippen molar-refractivity contribution >= 4 is 0 Å². The van der Waals surface area contributed by atoms with Gasteiger partial charge >= 0.3 is 0 Å². The summed E-state index contributed by atoms with van der Waals surface area (Å²) in [5.41, 5.74) is 3.34. The Morgan fingerprint density at radius 3 is 2.86 bits per heavy atom. The van der Waals surface area contributed by atoms with Crippen molar-refractivity contribution in [3.8, 4) is 5.75 Å². The van der Waals surface area contributed by atoms with Crippen LogP contribution in [0.2, 0.25) is 0 Å². The molecule has 2 aromatic rings. The molecule has 2 unspecified atom stereocenters. The number of para-hydroxylation sites is 1. The molecule has 0 bridgehead atoms. The topological polar surface area (TPSA) is 21.3 Å². The molecule has 3 rings (SSSR count). The van der Waals surface area contributed by atoms with Crippen molar-refractivity contribution in [3.05, 3.63) is 65.0 Å². The molecular formula is C18H20FNO. The fraction of sp³-hybridized carbons (Fsp3) is 0.333. The van der Waals surface area contributed by atoms with Crippen LogP contribution in [0.1, 0.15) is 35.1 Å². The average molecular weight is 285 g/mol. The number of nitrogens with one attached hydrogen (secondary N) is 1. The van der Waals surface area contributed by atoms with E-state index in [9.17, 15) is 4.39 Å². The van der Waals surface area contributed by atoms with Gasteiger partial charge in [0.05, 0.1) is 6.61 Å². The van der Waals surface area contributed by atoms with Gasteiger partial charge in [0.1, 0.15) is 11.6 Å². The van der Waals surface area contributed by atoms with Gasteiger partial charge in [-0.05, 0) is 55.3 Å². The van der Waals surface area contributed by atoms with Crippen LogP contribution in [0.3, 0.4) is 0 Å². The Balaban J connectivity index is 2.03. The molecule has 0 fully saturated rings. The molecule has 0 radical (unpaired) electrons. The van der Waals surface area contributed by atoms with Crippen molar-refractivity contribution in [1.82, 2.24) is 5.32 Å². The molecule has 0 saturated heterocycles. The zero-order valence-corrected chi connectivity index (χ0v) is 12.4. The maximum absolute atomic E-state index is 13.7. The van der Waals surface area contributed by atoms with Crippen LogP contribution in [0.15, 0.2) is 42.5 Å². The lowest BCUT2D eigenvalue weighted by atomic mass is 9.82. The Morgan fingerprint density at radius 2 is 2.05 bits per heavy atom. The smallest absolute Gasteiger partial charge is 0.123 e. The molecule has 0 saturated carbocycles. The van der Waals surface area contributed by atoms with Crippen molar-refractivity contribution in [1.29, 1.82) is 0 Å². The maximum atomic E-state index is 13.7. The van der Waals surface area contributed by atoms with E-state index in [2.05, 4.69) is 11.4 Å². The monoisotopic (exact) mass is 285 g/mol. The van der Waals surface area contributed by atoms with Gasteiger partial charge in [-0.2, -0.15) is 0 Å². The highest BCUT2D eigenvalue weighted by Crippen LogP contribution is 2.41. The number of likely N-dealkylation sites (N-methyl/N-ethyl adjacent to an activating group) is 1. The molecule has 1 heterocycles. The van der Waals surface area contributed by atoms with Crippen LogP contribution in [-0.2, 0) is 0 Å². The zero-order valence-electron chi connectivity index (χ0n) is 12.4. The van der Waals surface area contributed by atoms with Gasteiger partial charge < -0.3 is 10.1 Å². The van der Waals surface area contributed by atoms with E-state index >= 15 is 0 Å². The van der Waals surface area contributed by atoms with E-state index in [0.717, 1.165) is 23.3 Å². The fourth-order valence-corrected chi connectivity index (χ4v) is 3.24. The normalized spacial score (nSPS) is 18.7. The van der Waals surface area contributed by atoms with Crippen LogP contribution in [-0.4, -0.2) is 13.7 Å². The van der Waals surface area contributed by atoms with E-state index in [1.54, 1.807) is 6.07 Å². The van der Waals surface area contributed by atoms with Crippen molar-refractivity contribution in [2.24, 2.45) is 0 Å². The second kappa shape index (κ2) is 5.86. The number of benzene rings is 2. The SMILES string of the molecule is CNC(c1cc(F)ccc1C)C1CCOc2ccccc21. The first kappa shape index (κ1) is 14.1. The first-order chi connectivity index (χ1) is 10.2. The third-order valence-electron chi connectivity index (χ3n) is 4.29. The third-order valence-corrected chi connectivity index (χ3v) is 4.29.